The fourth-order valence-corrected chi connectivity index (χ4v) is 5.70. The van der Waals surface area contributed by atoms with E-state index in [1.807, 2.05) is 4.90 Å². The third-order valence-electron chi connectivity index (χ3n) is 6.55. The highest BCUT2D eigenvalue weighted by Gasteiger charge is 2.32. The van der Waals surface area contributed by atoms with Gasteiger partial charge in [0.2, 0.25) is 5.91 Å². The molecule has 2 aliphatic rings. The summed E-state index contributed by atoms with van der Waals surface area (Å²) < 4.78 is 4.99. The zero-order valence-corrected chi connectivity index (χ0v) is 19.1. The Kier molecular flexibility index (Phi) is 5.75. The summed E-state index contributed by atoms with van der Waals surface area (Å²) in [5.41, 5.74) is 1.67. The second-order valence-corrected chi connectivity index (χ2v) is 10.9. The van der Waals surface area contributed by atoms with Gasteiger partial charge in [0.05, 0.1) is 4.88 Å². The number of piperidine rings is 1. The third-order valence-corrected chi connectivity index (χ3v) is 7.78. The van der Waals surface area contributed by atoms with Crippen LogP contribution in [0, 0.1) is 24.2 Å². The molecule has 1 atom stereocenters. The lowest BCUT2D eigenvalue weighted by atomic mass is 9.72. The van der Waals surface area contributed by atoms with Gasteiger partial charge in [-0.2, -0.15) is 0 Å². The third kappa shape index (κ3) is 4.46. The standard InChI is InChI=1S/C23H31N3O3S/c1-14-11-20(25-29-14)24-21(27)15-7-9-26(10-8-15)22(28)19-13-16-12-17(23(2,3)4)5-6-18(16)30-19/h11,13,15,17H,5-10,12H2,1-4H3,(H,24,25,27)/t17-/m1/s1. The van der Waals surface area contributed by atoms with Gasteiger partial charge in [0.25, 0.3) is 5.91 Å². The van der Waals surface area contributed by atoms with Gasteiger partial charge >= 0.3 is 0 Å². The number of hydrogen-bond donors (Lipinski definition) is 1. The van der Waals surface area contributed by atoms with Gasteiger partial charge in [-0.05, 0) is 62.0 Å². The molecule has 0 radical (unpaired) electrons. The molecule has 1 aliphatic carbocycles. The lowest BCUT2D eigenvalue weighted by Crippen LogP contribution is -2.41. The summed E-state index contributed by atoms with van der Waals surface area (Å²) in [5, 5.41) is 6.63. The number of fused-ring (bicyclic) bond motifs is 1. The van der Waals surface area contributed by atoms with Crippen LogP contribution in [0.3, 0.4) is 0 Å². The molecule has 2 aromatic rings. The van der Waals surface area contributed by atoms with Crippen molar-refractivity contribution in [1.82, 2.24) is 10.1 Å². The van der Waals surface area contributed by atoms with Gasteiger partial charge in [-0.15, -0.1) is 11.3 Å². The minimum absolute atomic E-state index is 0.0461. The summed E-state index contributed by atoms with van der Waals surface area (Å²) in [7, 11) is 0. The van der Waals surface area contributed by atoms with Gasteiger partial charge in [-0.25, -0.2) is 0 Å². The van der Waals surface area contributed by atoms with Gasteiger partial charge < -0.3 is 14.7 Å². The van der Waals surface area contributed by atoms with E-state index in [4.69, 9.17) is 4.52 Å². The Bertz CT molecular complexity index is 932. The Labute approximate surface area is 182 Å². The Balaban J connectivity index is 1.34. The van der Waals surface area contributed by atoms with Crippen molar-refractivity contribution in [3.8, 4) is 0 Å². The number of likely N-dealkylation sites (tertiary alicyclic amines) is 1. The van der Waals surface area contributed by atoms with E-state index >= 15 is 0 Å². The molecule has 7 heteroatoms. The molecule has 0 saturated carbocycles. The van der Waals surface area contributed by atoms with Crippen molar-refractivity contribution in [3.63, 3.8) is 0 Å². The number of hydrogen-bond acceptors (Lipinski definition) is 5. The van der Waals surface area contributed by atoms with Crippen LogP contribution in [0.5, 0.6) is 0 Å². The quantitative estimate of drug-likeness (QED) is 0.768. The Morgan fingerprint density at radius 3 is 2.57 bits per heavy atom. The fourth-order valence-electron chi connectivity index (χ4n) is 4.52. The molecule has 2 amide bonds. The first-order valence-electron chi connectivity index (χ1n) is 10.9. The smallest absolute Gasteiger partial charge is 0.263 e. The van der Waals surface area contributed by atoms with Crippen molar-refractivity contribution in [3.05, 3.63) is 33.2 Å². The number of aromatic nitrogens is 1. The lowest BCUT2D eigenvalue weighted by molar-refractivity contribution is -0.121. The summed E-state index contributed by atoms with van der Waals surface area (Å²) in [6.45, 7) is 9.95. The molecule has 4 rings (SSSR count). The van der Waals surface area contributed by atoms with Crippen molar-refractivity contribution in [2.75, 3.05) is 18.4 Å². The zero-order chi connectivity index (χ0) is 21.5. The number of amides is 2. The molecule has 1 fully saturated rings. The van der Waals surface area contributed by atoms with E-state index in [2.05, 4.69) is 37.3 Å². The van der Waals surface area contributed by atoms with E-state index in [1.165, 1.54) is 16.9 Å². The van der Waals surface area contributed by atoms with Crippen LogP contribution in [0.1, 0.15) is 65.9 Å². The number of aryl methyl sites for hydroxylation is 2. The second kappa shape index (κ2) is 8.17. The van der Waals surface area contributed by atoms with Crippen LogP contribution >= 0.6 is 11.3 Å². The number of carbonyl (C=O) groups is 2. The van der Waals surface area contributed by atoms with E-state index in [0.717, 1.165) is 17.7 Å². The van der Waals surface area contributed by atoms with Crippen LogP contribution in [0.15, 0.2) is 16.7 Å². The molecule has 3 heterocycles. The van der Waals surface area contributed by atoms with Crippen LogP contribution in [0.2, 0.25) is 0 Å². The second-order valence-electron chi connectivity index (χ2n) is 9.74. The molecule has 0 bridgehead atoms. The first-order valence-corrected chi connectivity index (χ1v) is 11.7. The van der Waals surface area contributed by atoms with Gasteiger partial charge in [0.15, 0.2) is 5.82 Å². The molecule has 2 aromatic heterocycles. The highest BCUT2D eigenvalue weighted by molar-refractivity contribution is 7.14. The SMILES string of the molecule is Cc1cc(NC(=O)C2CCN(C(=O)c3cc4c(s3)CC[C@@H](C(C)(C)C)C4)CC2)no1. The molecule has 1 saturated heterocycles. The number of thiophene rings is 1. The van der Waals surface area contributed by atoms with E-state index in [-0.39, 0.29) is 17.7 Å². The summed E-state index contributed by atoms with van der Waals surface area (Å²) in [5.74, 6) is 1.76. The van der Waals surface area contributed by atoms with E-state index in [1.54, 1.807) is 24.3 Å². The monoisotopic (exact) mass is 429 g/mol. The molecule has 162 valence electrons. The topological polar surface area (TPSA) is 75.4 Å². The van der Waals surface area contributed by atoms with Crippen LogP contribution in [-0.2, 0) is 17.6 Å². The first-order chi connectivity index (χ1) is 14.2. The maximum Gasteiger partial charge on any atom is 0.263 e. The fraction of sp³-hybridized carbons (Fsp3) is 0.609. The van der Waals surface area contributed by atoms with Gasteiger partial charge in [0.1, 0.15) is 5.76 Å². The van der Waals surface area contributed by atoms with Crippen LogP contribution in [0.25, 0.3) is 0 Å². The number of nitrogens with one attached hydrogen (secondary N) is 1. The summed E-state index contributed by atoms with van der Waals surface area (Å²) in [4.78, 5) is 29.7. The molecule has 0 aromatic carbocycles. The Morgan fingerprint density at radius 2 is 1.93 bits per heavy atom. The maximum atomic E-state index is 13.1. The molecule has 1 aliphatic heterocycles. The lowest BCUT2D eigenvalue weighted by Gasteiger charge is -2.33. The van der Waals surface area contributed by atoms with E-state index < -0.39 is 0 Å². The predicted molar refractivity (Wildman–Crippen MR) is 118 cm³/mol. The summed E-state index contributed by atoms with van der Waals surface area (Å²) >= 11 is 1.67. The molecule has 1 N–H and O–H groups in total. The Hall–Kier alpha value is -2.15. The highest BCUT2D eigenvalue weighted by atomic mass is 32.1. The molecular weight excluding hydrogens is 398 g/mol. The molecule has 30 heavy (non-hydrogen) atoms. The molecule has 6 nitrogen and oxygen atoms in total. The van der Waals surface area contributed by atoms with Crippen molar-refractivity contribution in [1.29, 1.82) is 0 Å². The minimum atomic E-state index is -0.102. The molecule has 0 spiro atoms. The van der Waals surface area contributed by atoms with Gasteiger partial charge in [-0.3, -0.25) is 9.59 Å². The maximum absolute atomic E-state index is 13.1. The minimum Gasteiger partial charge on any atom is -0.360 e. The zero-order valence-electron chi connectivity index (χ0n) is 18.3. The number of nitrogens with zero attached hydrogens (tertiary/aromatic N) is 2. The highest BCUT2D eigenvalue weighted by Crippen LogP contribution is 2.40. The average molecular weight is 430 g/mol. The number of carbonyl (C=O) groups excluding carboxylic acids is 2. The molecule has 0 unspecified atom stereocenters. The normalized spacial score (nSPS) is 20.1. The Morgan fingerprint density at radius 1 is 1.20 bits per heavy atom. The number of anilines is 1. The number of rotatable bonds is 3. The summed E-state index contributed by atoms with van der Waals surface area (Å²) in [6.07, 6.45) is 4.71. The molecular formula is C23H31N3O3S. The van der Waals surface area contributed by atoms with Crippen LogP contribution in [0.4, 0.5) is 5.82 Å². The van der Waals surface area contributed by atoms with E-state index in [0.29, 0.717) is 48.8 Å². The predicted octanol–water partition coefficient (Wildman–Crippen LogP) is 4.69. The van der Waals surface area contributed by atoms with Gasteiger partial charge in [0, 0.05) is 30.0 Å². The van der Waals surface area contributed by atoms with Gasteiger partial charge in [-0.1, -0.05) is 25.9 Å². The summed E-state index contributed by atoms with van der Waals surface area (Å²) in [6, 6.07) is 3.84. The van der Waals surface area contributed by atoms with E-state index in [9.17, 15) is 9.59 Å². The largest absolute Gasteiger partial charge is 0.360 e. The van der Waals surface area contributed by atoms with Crippen molar-refractivity contribution in [2.45, 2.75) is 59.8 Å². The average Bonchev–Trinajstić information content (AvgIpc) is 3.32. The van der Waals surface area contributed by atoms with Crippen molar-refractivity contribution >= 4 is 29.0 Å². The van der Waals surface area contributed by atoms with Crippen LogP contribution < -0.4 is 5.32 Å². The first kappa shape index (κ1) is 21.1. The van der Waals surface area contributed by atoms with Crippen LogP contribution in [-0.4, -0.2) is 35.0 Å². The van der Waals surface area contributed by atoms with Crippen molar-refractivity contribution < 1.29 is 14.1 Å². The van der Waals surface area contributed by atoms with Crippen molar-refractivity contribution in [2.24, 2.45) is 17.3 Å².